The van der Waals surface area contributed by atoms with E-state index in [1.54, 1.807) is 13.2 Å². The number of Topliss-reactive ketones (excluding diaryl/α,β-unsaturated/α-hetero) is 1. The molecule has 2 aromatic rings. The van der Waals surface area contributed by atoms with Gasteiger partial charge in [0.25, 0.3) is 0 Å². The molecule has 21 heavy (non-hydrogen) atoms. The van der Waals surface area contributed by atoms with Gasteiger partial charge in [0, 0.05) is 17.9 Å². The third-order valence-electron chi connectivity index (χ3n) is 3.57. The SMILES string of the molecule is COc1ccc(CC(=O)c2cc(Cl)cc3c2OCC3)cc1. The summed E-state index contributed by atoms with van der Waals surface area (Å²) in [7, 11) is 1.62. The molecular formula is C17H15ClO3. The lowest BCUT2D eigenvalue weighted by Crippen LogP contribution is -2.06. The second kappa shape index (κ2) is 5.78. The molecule has 0 spiro atoms. The maximum absolute atomic E-state index is 12.5. The van der Waals surface area contributed by atoms with Crippen LogP contribution in [0.3, 0.4) is 0 Å². The number of fused-ring (bicyclic) bond motifs is 1. The molecule has 1 aliphatic rings. The second-order valence-corrected chi connectivity index (χ2v) is 5.42. The fraction of sp³-hybridized carbons (Fsp3) is 0.235. The molecule has 0 radical (unpaired) electrons. The van der Waals surface area contributed by atoms with Gasteiger partial charge in [0.2, 0.25) is 0 Å². The fourth-order valence-electron chi connectivity index (χ4n) is 2.50. The van der Waals surface area contributed by atoms with E-state index in [9.17, 15) is 4.79 Å². The van der Waals surface area contributed by atoms with Crippen molar-refractivity contribution in [2.75, 3.05) is 13.7 Å². The Morgan fingerprint density at radius 1 is 1.29 bits per heavy atom. The molecule has 0 bridgehead atoms. The van der Waals surface area contributed by atoms with E-state index in [1.807, 2.05) is 30.3 Å². The van der Waals surface area contributed by atoms with E-state index in [-0.39, 0.29) is 5.78 Å². The van der Waals surface area contributed by atoms with Gasteiger partial charge in [-0.25, -0.2) is 0 Å². The summed E-state index contributed by atoms with van der Waals surface area (Å²) in [5.41, 5.74) is 2.53. The van der Waals surface area contributed by atoms with Crippen LogP contribution in [0.1, 0.15) is 21.5 Å². The van der Waals surface area contributed by atoms with Crippen LogP contribution in [0.4, 0.5) is 0 Å². The molecule has 4 heteroatoms. The minimum absolute atomic E-state index is 0.0146. The highest BCUT2D eigenvalue weighted by molar-refractivity contribution is 6.31. The van der Waals surface area contributed by atoms with E-state index in [1.165, 1.54) is 0 Å². The van der Waals surface area contributed by atoms with Crippen molar-refractivity contribution in [1.82, 2.24) is 0 Å². The number of hydrogen-bond donors (Lipinski definition) is 0. The Hall–Kier alpha value is -2.00. The molecule has 0 aromatic heterocycles. The van der Waals surface area contributed by atoms with Crippen LogP contribution in [0.25, 0.3) is 0 Å². The van der Waals surface area contributed by atoms with Crippen molar-refractivity contribution < 1.29 is 14.3 Å². The van der Waals surface area contributed by atoms with Gasteiger partial charge in [-0.05, 0) is 35.4 Å². The summed E-state index contributed by atoms with van der Waals surface area (Å²) < 4.78 is 10.7. The van der Waals surface area contributed by atoms with E-state index in [4.69, 9.17) is 21.1 Å². The summed E-state index contributed by atoms with van der Waals surface area (Å²) in [5.74, 6) is 1.48. The van der Waals surface area contributed by atoms with E-state index < -0.39 is 0 Å². The van der Waals surface area contributed by atoms with Gasteiger partial charge < -0.3 is 9.47 Å². The third-order valence-corrected chi connectivity index (χ3v) is 3.79. The van der Waals surface area contributed by atoms with Crippen molar-refractivity contribution in [3.63, 3.8) is 0 Å². The number of methoxy groups -OCH3 is 1. The zero-order valence-electron chi connectivity index (χ0n) is 11.7. The minimum Gasteiger partial charge on any atom is -0.497 e. The summed E-state index contributed by atoms with van der Waals surface area (Å²) in [6.07, 6.45) is 1.12. The minimum atomic E-state index is 0.0146. The summed E-state index contributed by atoms with van der Waals surface area (Å²) in [5, 5.41) is 0.581. The van der Waals surface area contributed by atoms with Gasteiger partial charge in [-0.2, -0.15) is 0 Å². The maximum atomic E-state index is 12.5. The molecule has 3 nitrogen and oxygen atoms in total. The van der Waals surface area contributed by atoms with Crippen molar-refractivity contribution >= 4 is 17.4 Å². The quantitative estimate of drug-likeness (QED) is 0.808. The van der Waals surface area contributed by atoms with Crippen LogP contribution in [-0.4, -0.2) is 19.5 Å². The first-order valence-electron chi connectivity index (χ1n) is 6.79. The van der Waals surface area contributed by atoms with Crippen LogP contribution in [0.5, 0.6) is 11.5 Å². The van der Waals surface area contributed by atoms with Crippen molar-refractivity contribution in [3.8, 4) is 11.5 Å². The first-order chi connectivity index (χ1) is 10.2. The Kier molecular flexibility index (Phi) is 3.84. The monoisotopic (exact) mass is 302 g/mol. The predicted octanol–water partition coefficient (Wildman–Crippen LogP) is 3.71. The highest BCUT2D eigenvalue weighted by Crippen LogP contribution is 2.33. The molecule has 0 atom stereocenters. The third kappa shape index (κ3) is 2.88. The van der Waals surface area contributed by atoms with Gasteiger partial charge >= 0.3 is 0 Å². The Bertz CT molecular complexity index is 677. The van der Waals surface area contributed by atoms with Crippen LogP contribution < -0.4 is 9.47 Å². The van der Waals surface area contributed by atoms with Crippen molar-refractivity contribution in [2.24, 2.45) is 0 Å². The molecule has 0 saturated heterocycles. The second-order valence-electron chi connectivity index (χ2n) is 4.99. The zero-order chi connectivity index (χ0) is 14.8. The molecule has 108 valence electrons. The van der Waals surface area contributed by atoms with Crippen LogP contribution in [-0.2, 0) is 12.8 Å². The van der Waals surface area contributed by atoms with Gasteiger partial charge in [-0.1, -0.05) is 23.7 Å². The number of ether oxygens (including phenoxy) is 2. The van der Waals surface area contributed by atoms with Gasteiger partial charge in [-0.15, -0.1) is 0 Å². The van der Waals surface area contributed by atoms with Gasteiger partial charge in [0.1, 0.15) is 11.5 Å². The molecule has 0 aliphatic carbocycles. The first kappa shape index (κ1) is 14.0. The van der Waals surface area contributed by atoms with Crippen molar-refractivity contribution in [1.29, 1.82) is 0 Å². The van der Waals surface area contributed by atoms with Crippen LogP contribution in [0.2, 0.25) is 5.02 Å². The number of benzene rings is 2. The Labute approximate surface area is 128 Å². The number of ketones is 1. The number of carbonyl (C=O) groups is 1. The van der Waals surface area contributed by atoms with Gasteiger partial charge in [0.15, 0.2) is 5.78 Å². The summed E-state index contributed by atoms with van der Waals surface area (Å²) >= 11 is 6.09. The summed E-state index contributed by atoms with van der Waals surface area (Å²) in [6, 6.07) is 11.0. The lowest BCUT2D eigenvalue weighted by molar-refractivity contribution is 0.0990. The van der Waals surface area contributed by atoms with Gasteiger partial charge in [0.05, 0.1) is 19.3 Å². The first-order valence-corrected chi connectivity index (χ1v) is 7.16. The number of hydrogen-bond acceptors (Lipinski definition) is 3. The van der Waals surface area contributed by atoms with Crippen LogP contribution in [0.15, 0.2) is 36.4 Å². The molecule has 0 saturated carbocycles. The smallest absolute Gasteiger partial charge is 0.171 e. The summed E-state index contributed by atoms with van der Waals surface area (Å²) in [6.45, 7) is 0.610. The molecule has 0 N–H and O–H groups in total. The number of carbonyl (C=O) groups excluding carboxylic acids is 1. The number of halogens is 1. The molecule has 0 amide bonds. The topological polar surface area (TPSA) is 35.5 Å². The zero-order valence-corrected chi connectivity index (χ0v) is 12.4. The molecule has 1 aliphatic heterocycles. The maximum Gasteiger partial charge on any atom is 0.171 e. The average molecular weight is 303 g/mol. The Morgan fingerprint density at radius 2 is 2.05 bits per heavy atom. The average Bonchev–Trinajstić information content (AvgIpc) is 2.95. The molecular weight excluding hydrogens is 288 g/mol. The molecule has 1 heterocycles. The molecule has 0 unspecified atom stereocenters. The highest BCUT2D eigenvalue weighted by atomic mass is 35.5. The highest BCUT2D eigenvalue weighted by Gasteiger charge is 2.22. The molecule has 0 fully saturated rings. The standard InChI is InChI=1S/C17H15ClO3/c1-20-14-4-2-11(3-5-14)8-16(19)15-10-13(18)9-12-6-7-21-17(12)15/h2-5,9-10H,6-8H2,1H3. The number of rotatable bonds is 4. The largest absolute Gasteiger partial charge is 0.497 e. The lowest BCUT2D eigenvalue weighted by atomic mass is 10.00. The normalized spacial score (nSPS) is 12.7. The lowest BCUT2D eigenvalue weighted by Gasteiger charge is -2.08. The van der Waals surface area contributed by atoms with E-state index in [0.29, 0.717) is 29.4 Å². The van der Waals surface area contributed by atoms with E-state index >= 15 is 0 Å². The Morgan fingerprint density at radius 3 is 2.76 bits per heavy atom. The fourth-order valence-corrected chi connectivity index (χ4v) is 2.74. The summed E-state index contributed by atoms with van der Waals surface area (Å²) in [4.78, 5) is 12.5. The van der Waals surface area contributed by atoms with E-state index in [2.05, 4.69) is 0 Å². The van der Waals surface area contributed by atoms with Crippen molar-refractivity contribution in [3.05, 3.63) is 58.1 Å². The van der Waals surface area contributed by atoms with Gasteiger partial charge in [-0.3, -0.25) is 4.79 Å². The molecule has 2 aromatic carbocycles. The van der Waals surface area contributed by atoms with E-state index in [0.717, 1.165) is 23.3 Å². The van der Waals surface area contributed by atoms with Crippen LogP contribution >= 0.6 is 11.6 Å². The predicted molar refractivity (Wildman–Crippen MR) is 81.7 cm³/mol. The molecule has 3 rings (SSSR count). The van der Waals surface area contributed by atoms with Crippen molar-refractivity contribution in [2.45, 2.75) is 12.8 Å². The van der Waals surface area contributed by atoms with Crippen LogP contribution in [0, 0.1) is 0 Å². The Balaban J connectivity index is 1.85.